The number of nitrogens with zero attached hydrogens (tertiary/aromatic N) is 1. The van der Waals surface area contributed by atoms with Gasteiger partial charge in [-0.2, -0.15) is 4.98 Å². The zero-order valence-electron chi connectivity index (χ0n) is 11.1. The number of anilines is 2. The summed E-state index contributed by atoms with van der Waals surface area (Å²) in [5.41, 5.74) is 3.11. The fourth-order valence-electron chi connectivity index (χ4n) is 1.99. The number of aromatic nitrogens is 1. The first kappa shape index (κ1) is 12.4. The second-order valence-electron chi connectivity index (χ2n) is 4.47. The van der Waals surface area contributed by atoms with Crippen molar-refractivity contribution in [3.63, 3.8) is 0 Å². The number of benzene rings is 2. The Morgan fingerprint density at radius 3 is 2.60 bits per heavy atom. The number of carbonyl (C=O) groups excluding carboxylic acids is 1. The van der Waals surface area contributed by atoms with Gasteiger partial charge in [0.1, 0.15) is 5.52 Å². The molecule has 2 aromatic carbocycles. The highest BCUT2D eigenvalue weighted by Gasteiger charge is 2.06. The highest BCUT2D eigenvalue weighted by molar-refractivity contribution is 5.96. The zero-order valence-corrected chi connectivity index (χ0v) is 11.1. The van der Waals surface area contributed by atoms with Crippen LogP contribution in [0.15, 0.2) is 52.9 Å². The minimum Gasteiger partial charge on any atom is -0.423 e. The molecule has 4 nitrogen and oxygen atoms in total. The average Bonchev–Trinajstić information content (AvgIpc) is 2.89. The number of para-hydroxylation sites is 2. The van der Waals surface area contributed by atoms with E-state index in [0.29, 0.717) is 12.4 Å². The molecular formula is C16H14N2O2. The maximum atomic E-state index is 11.5. The van der Waals surface area contributed by atoms with Crippen LogP contribution in [0.3, 0.4) is 0 Å². The number of carbonyl (C=O) groups is 1. The van der Waals surface area contributed by atoms with Crippen LogP contribution in [0.25, 0.3) is 11.1 Å². The molecule has 0 saturated heterocycles. The van der Waals surface area contributed by atoms with Gasteiger partial charge in [-0.3, -0.25) is 4.79 Å². The summed E-state index contributed by atoms with van der Waals surface area (Å²) >= 11 is 0. The molecule has 0 aliphatic heterocycles. The first-order valence-corrected chi connectivity index (χ1v) is 6.52. The molecule has 0 atom stereocenters. The Hall–Kier alpha value is -2.62. The lowest BCUT2D eigenvalue weighted by atomic mass is 10.1. The maximum absolute atomic E-state index is 11.5. The molecule has 0 aliphatic rings. The summed E-state index contributed by atoms with van der Waals surface area (Å²) in [6.45, 7) is 1.85. The van der Waals surface area contributed by atoms with E-state index in [4.69, 9.17) is 4.42 Å². The molecule has 0 aliphatic carbocycles. The fourth-order valence-corrected chi connectivity index (χ4v) is 1.99. The molecule has 1 heterocycles. The van der Waals surface area contributed by atoms with E-state index in [1.807, 2.05) is 43.3 Å². The van der Waals surface area contributed by atoms with E-state index in [2.05, 4.69) is 10.3 Å². The molecule has 3 rings (SSSR count). The van der Waals surface area contributed by atoms with Crippen LogP contribution in [-0.4, -0.2) is 10.8 Å². The van der Waals surface area contributed by atoms with Crippen LogP contribution in [0.2, 0.25) is 0 Å². The summed E-state index contributed by atoms with van der Waals surface area (Å²) in [4.78, 5) is 15.9. The van der Waals surface area contributed by atoms with E-state index in [9.17, 15) is 4.79 Å². The zero-order chi connectivity index (χ0) is 13.9. The average molecular weight is 266 g/mol. The number of nitrogens with one attached hydrogen (secondary N) is 1. The minimum absolute atomic E-state index is 0.137. The van der Waals surface area contributed by atoms with Crippen molar-refractivity contribution in [2.45, 2.75) is 13.3 Å². The van der Waals surface area contributed by atoms with Crippen molar-refractivity contribution in [1.29, 1.82) is 0 Å². The van der Waals surface area contributed by atoms with E-state index >= 15 is 0 Å². The van der Waals surface area contributed by atoms with Crippen LogP contribution in [0.5, 0.6) is 0 Å². The predicted octanol–water partition coefficient (Wildman–Crippen LogP) is 4.16. The molecule has 0 spiro atoms. The quantitative estimate of drug-likeness (QED) is 0.720. The molecule has 0 amide bonds. The smallest absolute Gasteiger partial charge is 0.300 e. The molecule has 0 fully saturated rings. The first-order valence-electron chi connectivity index (χ1n) is 6.52. The summed E-state index contributed by atoms with van der Waals surface area (Å²) < 4.78 is 5.58. The van der Waals surface area contributed by atoms with Gasteiger partial charge >= 0.3 is 0 Å². The monoisotopic (exact) mass is 266 g/mol. The van der Waals surface area contributed by atoms with Gasteiger partial charge in [-0.25, -0.2) is 0 Å². The van der Waals surface area contributed by atoms with E-state index in [1.165, 1.54) is 0 Å². The molecular weight excluding hydrogens is 252 g/mol. The fraction of sp³-hybridized carbons (Fsp3) is 0.125. The Bertz CT molecular complexity index is 712. The SMILES string of the molecule is CCC(=O)c1ccc(Nc2nc3ccccc3o2)cc1. The van der Waals surface area contributed by atoms with Gasteiger partial charge in [-0.05, 0) is 36.4 Å². The number of hydrogen-bond acceptors (Lipinski definition) is 4. The van der Waals surface area contributed by atoms with E-state index in [0.717, 1.165) is 22.4 Å². The second kappa shape index (κ2) is 5.17. The van der Waals surface area contributed by atoms with Crippen LogP contribution >= 0.6 is 0 Å². The lowest BCUT2D eigenvalue weighted by molar-refractivity contribution is 0.0988. The summed E-state index contributed by atoms with van der Waals surface area (Å²) in [7, 11) is 0. The largest absolute Gasteiger partial charge is 0.423 e. The van der Waals surface area contributed by atoms with Crippen LogP contribution in [0.4, 0.5) is 11.7 Å². The molecule has 20 heavy (non-hydrogen) atoms. The third kappa shape index (κ3) is 2.40. The van der Waals surface area contributed by atoms with Gasteiger partial charge < -0.3 is 9.73 Å². The lowest BCUT2D eigenvalue weighted by Gasteiger charge is -2.02. The highest BCUT2D eigenvalue weighted by atomic mass is 16.4. The van der Waals surface area contributed by atoms with E-state index < -0.39 is 0 Å². The Balaban J connectivity index is 1.82. The van der Waals surface area contributed by atoms with Gasteiger partial charge in [0.05, 0.1) is 0 Å². The van der Waals surface area contributed by atoms with Crippen LogP contribution < -0.4 is 5.32 Å². The maximum Gasteiger partial charge on any atom is 0.300 e. The molecule has 0 bridgehead atoms. The Morgan fingerprint density at radius 1 is 1.15 bits per heavy atom. The van der Waals surface area contributed by atoms with Crippen molar-refractivity contribution in [2.75, 3.05) is 5.32 Å². The molecule has 3 aromatic rings. The Morgan fingerprint density at radius 2 is 1.90 bits per heavy atom. The molecule has 1 aromatic heterocycles. The van der Waals surface area contributed by atoms with Crippen molar-refractivity contribution in [3.05, 3.63) is 54.1 Å². The minimum atomic E-state index is 0.137. The van der Waals surface area contributed by atoms with Crippen LogP contribution in [-0.2, 0) is 0 Å². The standard InChI is InChI=1S/C16H14N2O2/c1-2-14(19)11-7-9-12(10-8-11)17-16-18-13-5-3-4-6-15(13)20-16/h3-10H,2H2,1H3,(H,17,18). The van der Waals surface area contributed by atoms with Gasteiger partial charge in [0.15, 0.2) is 11.4 Å². The predicted molar refractivity (Wildman–Crippen MR) is 78.4 cm³/mol. The lowest BCUT2D eigenvalue weighted by Crippen LogP contribution is -1.97. The van der Waals surface area contributed by atoms with Crippen molar-refractivity contribution in [2.24, 2.45) is 0 Å². The molecule has 100 valence electrons. The van der Waals surface area contributed by atoms with Crippen molar-refractivity contribution >= 4 is 28.6 Å². The molecule has 0 unspecified atom stereocenters. The molecule has 0 saturated carbocycles. The molecule has 1 N–H and O–H groups in total. The number of ketones is 1. The van der Waals surface area contributed by atoms with Gasteiger partial charge in [0.2, 0.25) is 0 Å². The van der Waals surface area contributed by atoms with Gasteiger partial charge in [0.25, 0.3) is 6.01 Å². The van der Waals surface area contributed by atoms with E-state index in [-0.39, 0.29) is 5.78 Å². The second-order valence-corrected chi connectivity index (χ2v) is 4.47. The van der Waals surface area contributed by atoms with Crippen molar-refractivity contribution < 1.29 is 9.21 Å². The molecule has 4 heteroatoms. The Kier molecular flexibility index (Phi) is 3.21. The number of hydrogen-bond donors (Lipinski definition) is 1. The first-order chi connectivity index (χ1) is 9.76. The normalized spacial score (nSPS) is 10.7. The third-order valence-corrected chi connectivity index (χ3v) is 3.07. The Labute approximate surface area is 116 Å². The van der Waals surface area contributed by atoms with Crippen LogP contribution in [0.1, 0.15) is 23.7 Å². The number of oxazole rings is 1. The summed E-state index contributed by atoms with van der Waals surface area (Å²) in [5, 5.41) is 3.09. The van der Waals surface area contributed by atoms with Gasteiger partial charge in [0, 0.05) is 17.7 Å². The third-order valence-electron chi connectivity index (χ3n) is 3.07. The summed E-state index contributed by atoms with van der Waals surface area (Å²) in [6, 6.07) is 15.3. The number of fused-ring (bicyclic) bond motifs is 1. The van der Waals surface area contributed by atoms with Crippen molar-refractivity contribution in [3.8, 4) is 0 Å². The molecule has 0 radical (unpaired) electrons. The highest BCUT2D eigenvalue weighted by Crippen LogP contribution is 2.22. The van der Waals surface area contributed by atoms with Crippen LogP contribution in [0, 0.1) is 0 Å². The topological polar surface area (TPSA) is 55.1 Å². The van der Waals surface area contributed by atoms with E-state index in [1.54, 1.807) is 12.1 Å². The van der Waals surface area contributed by atoms with Crippen molar-refractivity contribution in [1.82, 2.24) is 4.98 Å². The summed E-state index contributed by atoms with van der Waals surface area (Å²) in [6.07, 6.45) is 0.512. The number of Topliss-reactive ketones (excluding diaryl/α,β-unsaturated/α-hetero) is 1. The van der Waals surface area contributed by atoms with Gasteiger partial charge in [-0.15, -0.1) is 0 Å². The van der Waals surface area contributed by atoms with Gasteiger partial charge in [-0.1, -0.05) is 19.1 Å². The number of rotatable bonds is 4. The summed E-state index contributed by atoms with van der Waals surface area (Å²) in [5.74, 6) is 0.137.